The van der Waals surface area contributed by atoms with Crippen molar-refractivity contribution >= 4 is 46.5 Å². The Labute approximate surface area is 259 Å². The first-order chi connectivity index (χ1) is 20.4. The number of esters is 2. The predicted octanol–water partition coefficient (Wildman–Crippen LogP) is 5.56. The molecule has 4 rings (SSSR count). The molecule has 0 N–H and O–H groups in total. The van der Waals surface area contributed by atoms with Crippen molar-refractivity contribution in [2.24, 2.45) is 5.41 Å². The predicted molar refractivity (Wildman–Crippen MR) is 162 cm³/mol. The molecule has 43 heavy (non-hydrogen) atoms. The first-order valence-electron chi connectivity index (χ1n) is 13.5. The van der Waals surface area contributed by atoms with Gasteiger partial charge in [-0.15, -0.1) is 11.3 Å². The van der Waals surface area contributed by atoms with E-state index in [-0.39, 0.29) is 25.5 Å². The fraction of sp³-hybridized carbons (Fsp3) is 0.419. The number of aryl methyl sites for hydroxylation is 1. The van der Waals surface area contributed by atoms with Gasteiger partial charge in [0.15, 0.2) is 11.5 Å². The van der Waals surface area contributed by atoms with E-state index in [0.717, 1.165) is 11.3 Å². The maximum absolute atomic E-state index is 14.4. The summed E-state index contributed by atoms with van der Waals surface area (Å²) in [5.41, 5.74) is 1.76. The summed E-state index contributed by atoms with van der Waals surface area (Å²) in [7, 11) is 4.39. The van der Waals surface area contributed by atoms with Crippen molar-refractivity contribution in [2.45, 2.75) is 46.3 Å². The molecule has 0 unspecified atom stereocenters. The molecule has 3 aromatic rings. The number of amides is 1. The number of para-hydroxylation sites is 1. The SMILES string of the molecule is COC(=O)c1sc(C[C@H]2O[C@H](c3cccc(OC)c3OC)c3cc(Cl)ccc3N(CC(C)(C)COC(C)=O)C2=O)nc1C. The molecule has 0 saturated heterocycles. The zero-order valence-electron chi connectivity index (χ0n) is 25.2. The Bertz CT molecular complexity index is 1520. The molecule has 2 atom stereocenters. The maximum Gasteiger partial charge on any atom is 0.349 e. The molecular formula is C31H35ClN2O8S. The Morgan fingerprint density at radius 1 is 1.12 bits per heavy atom. The standard InChI is InChI=1S/C31H35ClN2O8S/c1-17-28(30(37)40-7)43-25(33-17)14-24-29(36)34(15-31(3,4)16-41-18(2)35)22-12-11-19(32)13-21(22)26(42-24)20-9-8-10-23(38-5)27(20)39-6/h8-13,24,26H,14-16H2,1-7H3/t24-,26-/m1/s1. The Morgan fingerprint density at radius 2 is 1.86 bits per heavy atom. The number of ether oxygens (including phenoxy) is 5. The molecule has 0 aliphatic carbocycles. The summed E-state index contributed by atoms with van der Waals surface area (Å²) < 4.78 is 28.2. The van der Waals surface area contributed by atoms with Crippen LogP contribution in [-0.4, -0.2) is 63.4 Å². The van der Waals surface area contributed by atoms with Crippen LogP contribution in [0.5, 0.6) is 11.5 Å². The molecule has 1 amide bonds. The van der Waals surface area contributed by atoms with Crippen LogP contribution in [0.15, 0.2) is 36.4 Å². The normalized spacial score (nSPS) is 16.7. The topological polar surface area (TPSA) is 113 Å². The van der Waals surface area contributed by atoms with Crippen LogP contribution in [0, 0.1) is 12.3 Å². The van der Waals surface area contributed by atoms with Gasteiger partial charge in [0, 0.05) is 47.1 Å². The molecule has 1 aromatic heterocycles. The monoisotopic (exact) mass is 630 g/mol. The molecule has 0 fully saturated rings. The van der Waals surface area contributed by atoms with Crippen LogP contribution in [0.2, 0.25) is 5.02 Å². The third kappa shape index (κ3) is 7.11. The molecule has 230 valence electrons. The van der Waals surface area contributed by atoms with Crippen LogP contribution >= 0.6 is 22.9 Å². The zero-order chi connectivity index (χ0) is 31.5. The lowest BCUT2D eigenvalue weighted by molar-refractivity contribution is -0.143. The van der Waals surface area contributed by atoms with Crippen LogP contribution in [-0.2, 0) is 30.2 Å². The fourth-order valence-electron chi connectivity index (χ4n) is 4.98. The van der Waals surface area contributed by atoms with E-state index in [9.17, 15) is 14.4 Å². The van der Waals surface area contributed by atoms with Crippen molar-refractivity contribution in [3.05, 3.63) is 68.1 Å². The fourth-order valence-corrected chi connectivity index (χ4v) is 6.17. The van der Waals surface area contributed by atoms with Gasteiger partial charge in [0.1, 0.15) is 17.1 Å². The van der Waals surface area contributed by atoms with E-state index in [2.05, 4.69) is 4.98 Å². The van der Waals surface area contributed by atoms with Crippen LogP contribution in [0.4, 0.5) is 5.69 Å². The largest absolute Gasteiger partial charge is 0.493 e. The van der Waals surface area contributed by atoms with Gasteiger partial charge >= 0.3 is 11.9 Å². The summed E-state index contributed by atoms with van der Waals surface area (Å²) >= 11 is 7.68. The van der Waals surface area contributed by atoms with Gasteiger partial charge in [-0.25, -0.2) is 9.78 Å². The van der Waals surface area contributed by atoms with Crippen molar-refractivity contribution in [3.63, 3.8) is 0 Å². The summed E-state index contributed by atoms with van der Waals surface area (Å²) in [5.74, 6) is -0.277. The molecule has 2 heterocycles. The lowest BCUT2D eigenvalue weighted by Gasteiger charge is -2.33. The van der Waals surface area contributed by atoms with E-state index in [1.807, 2.05) is 26.0 Å². The number of anilines is 1. The van der Waals surface area contributed by atoms with E-state index in [4.69, 9.17) is 35.3 Å². The average molecular weight is 631 g/mol. The molecule has 0 radical (unpaired) electrons. The second-order valence-corrected chi connectivity index (χ2v) is 12.4. The number of rotatable bonds is 10. The summed E-state index contributed by atoms with van der Waals surface area (Å²) in [6.07, 6.45) is -1.73. The number of benzene rings is 2. The Balaban J connectivity index is 1.88. The molecule has 0 bridgehead atoms. The molecule has 0 saturated carbocycles. The summed E-state index contributed by atoms with van der Waals surface area (Å²) in [4.78, 5) is 44.9. The van der Waals surface area contributed by atoms with Gasteiger partial charge in [-0.3, -0.25) is 9.59 Å². The van der Waals surface area contributed by atoms with E-state index in [1.54, 1.807) is 43.2 Å². The number of nitrogens with zero attached hydrogens (tertiary/aromatic N) is 2. The van der Waals surface area contributed by atoms with Crippen molar-refractivity contribution in [2.75, 3.05) is 39.4 Å². The lowest BCUT2D eigenvalue weighted by atomic mass is 9.92. The number of fused-ring (bicyclic) bond motifs is 1. The number of thiazole rings is 1. The van der Waals surface area contributed by atoms with Crippen molar-refractivity contribution in [1.82, 2.24) is 4.98 Å². The number of halogens is 1. The second kappa shape index (κ2) is 13.3. The summed E-state index contributed by atoms with van der Waals surface area (Å²) in [6, 6.07) is 10.7. The number of hydrogen-bond acceptors (Lipinski definition) is 10. The first-order valence-corrected chi connectivity index (χ1v) is 14.7. The lowest BCUT2D eigenvalue weighted by Crippen LogP contribution is -2.46. The molecule has 0 spiro atoms. The van der Waals surface area contributed by atoms with E-state index >= 15 is 0 Å². The van der Waals surface area contributed by atoms with Gasteiger partial charge in [0.25, 0.3) is 5.91 Å². The van der Waals surface area contributed by atoms with Crippen LogP contribution in [0.3, 0.4) is 0 Å². The number of carbonyl (C=O) groups is 3. The van der Waals surface area contributed by atoms with E-state index < -0.39 is 29.6 Å². The molecular weight excluding hydrogens is 596 g/mol. The minimum absolute atomic E-state index is 0.0900. The number of methoxy groups -OCH3 is 3. The minimum Gasteiger partial charge on any atom is -0.493 e. The average Bonchev–Trinajstić information content (AvgIpc) is 3.31. The van der Waals surface area contributed by atoms with Gasteiger partial charge in [0.05, 0.1) is 38.6 Å². The third-order valence-corrected chi connectivity index (χ3v) is 8.34. The van der Waals surface area contributed by atoms with Crippen molar-refractivity contribution in [1.29, 1.82) is 0 Å². The smallest absolute Gasteiger partial charge is 0.349 e. The quantitative estimate of drug-likeness (QED) is 0.266. The highest BCUT2D eigenvalue weighted by Crippen LogP contribution is 2.45. The molecule has 10 nitrogen and oxygen atoms in total. The summed E-state index contributed by atoms with van der Waals surface area (Å²) in [5, 5.41) is 0.994. The number of aromatic nitrogens is 1. The summed E-state index contributed by atoms with van der Waals surface area (Å²) in [6.45, 7) is 7.19. The number of hydrogen-bond donors (Lipinski definition) is 0. The molecule has 12 heteroatoms. The van der Waals surface area contributed by atoms with Gasteiger partial charge in [0.2, 0.25) is 0 Å². The maximum atomic E-state index is 14.4. The highest BCUT2D eigenvalue weighted by atomic mass is 35.5. The highest BCUT2D eigenvalue weighted by Gasteiger charge is 2.41. The van der Waals surface area contributed by atoms with E-state index in [0.29, 0.717) is 48.9 Å². The van der Waals surface area contributed by atoms with Crippen molar-refractivity contribution in [3.8, 4) is 11.5 Å². The first kappa shape index (κ1) is 32.2. The second-order valence-electron chi connectivity index (χ2n) is 10.9. The van der Waals surface area contributed by atoms with Crippen LogP contribution < -0.4 is 14.4 Å². The highest BCUT2D eigenvalue weighted by molar-refractivity contribution is 7.13. The Hall–Kier alpha value is -3.67. The molecule has 2 aromatic carbocycles. The Kier molecular flexibility index (Phi) is 9.99. The van der Waals surface area contributed by atoms with Crippen LogP contribution in [0.1, 0.15) is 58.4 Å². The zero-order valence-corrected chi connectivity index (χ0v) is 26.8. The van der Waals surface area contributed by atoms with Gasteiger partial charge < -0.3 is 28.6 Å². The van der Waals surface area contributed by atoms with Crippen LogP contribution in [0.25, 0.3) is 0 Å². The van der Waals surface area contributed by atoms with Gasteiger partial charge in [-0.1, -0.05) is 37.6 Å². The number of carbonyl (C=O) groups excluding carboxylic acids is 3. The van der Waals surface area contributed by atoms with E-state index in [1.165, 1.54) is 21.1 Å². The molecule has 1 aliphatic rings. The van der Waals surface area contributed by atoms with Gasteiger partial charge in [-0.05, 0) is 31.2 Å². The van der Waals surface area contributed by atoms with Crippen molar-refractivity contribution < 1.29 is 38.1 Å². The molecule has 1 aliphatic heterocycles. The minimum atomic E-state index is -1.02. The third-order valence-electron chi connectivity index (χ3n) is 6.94. The van der Waals surface area contributed by atoms with Gasteiger partial charge in [-0.2, -0.15) is 0 Å². The Morgan fingerprint density at radius 3 is 2.51 bits per heavy atom.